The van der Waals surface area contributed by atoms with Gasteiger partial charge in [-0.2, -0.15) is 13.2 Å². The lowest BCUT2D eigenvalue weighted by molar-refractivity contribution is -0.142. The van der Waals surface area contributed by atoms with Crippen LogP contribution in [-0.4, -0.2) is 29.1 Å². The first kappa shape index (κ1) is 29.0. The molecule has 2 heterocycles. The molecule has 0 unspecified atom stereocenters. The van der Waals surface area contributed by atoms with E-state index in [1.165, 1.54) is 17.4 Å². The first-order valence-corrected chi connectivity index (χ1v) is 14.4. The fourth-order valence-corrected chi connectivity index (χ4v) is 6.10. The first-order chi connectivity index (χ1) is 19.5. The Labute approximate surface area is 245 Å². The Bertz CT molecular complexity index is 1580. The van der Waals surface area contributed by atoms with Crippen LogP contribution in [-0.2, 0) is 17.6 Å². The molecule has 5 nitrogen and oxygen atoms in total. The molecule has 1 saturated heterocycles. The number of benzene rings is 3. The summed E-state index contributed by atoms with van der Waals surface area (Å²) < 4.78 is 45.4. The monoisotopic (exact) mass is 600 g/mol. The topological polar surface area (TPSA) is 62.7 Å². The third-order valence-corrected chi connectivity index (χ3v) is 8.57. The van der Waals surface area contributed by atoms with Crippen LogP contribution in [0.25, 0.3) is 22.4 Å². The van der Waals surface area contributed by atoms with Crippen LogP contribution in [0.15, 0.2) is 60.0 Å². The Morgan fingerprint density at radius 1 is 1.07 bits per heavy atom. The summed E-state index contributed by atoms with van der Waals surface area (Å²) in [5, 5.41) is 12.2. The second kappa shape index (κ2) is 11.7. The molecule has 0 atom stereocenters. The van der Waals surface area contributed by atoms with Crippen LogP contribution in [0.5, 0.6) is 5.75 Å². The van der Waals surface area contributed by atoms with Crippen molar-refractivity contribution in [2.24, 2.45) is 5.92 Å². The van der Waals surface area contributed by atoms with Crippen LogP contribution in [0, 0.1) is 19.8 Å². The van der Waals surface area contributed by atoms with Gasteiger partial charge in [0.1, 0.15) is 12.4 Å². The quantitative estimate of drug-likeness (QED) is 0.230. The van der Waals surface area contributed by atoms with Crippen molar-refractivity contribution < 1.29 is 27.8 Å². The highest BCUT2D eigenvalue weighted by molar-refractivity contribution is 7.14. The summed E-state index contributed by atoms with van der Waals surface area (Å²) in [6.45, 7) is 5.55. The summed E-state index contributed by atoms with van der Waals surface area (Å²) >= 11 is 7.74. The second-order valence-electron chi connectivity index (χ2n) is 10.2. The van der Waals surface area contributed by atoms with Gasteiger partial charge in [0.2, 0.25) is 0 Å². The van der Waals surface area contributed by atoms with Crippen molar-refractivity contribution in [2.45, 2.75) is 39.5 Å². The smallest absolute Gasteiger partial charge is 0.416 e. The van der Waals surface area contributed by atoms with Gasteiger partial charge in [0.25, 0.3) is 0 Å². The number of ether oxygens (including phenoxy) is 1. The first-order valence-electron chi connectivity index (χ1n) is 13.1. The van der Waals surface area contributed by atoms with Crippen LogP contribution in [0.4, 0.5) is 18.3 Å². The largest absolute Gasteiger partial charge is 0.488 e. The number of aryl methyl sites for hydroxylation is 2. The van der Waals surface area contributed by atoms with Crippen LogP contribution < -0.4 is 9.64 Å². The average molecular weight is 601 g/mol. The third kappa shape index (κ3) is 6.52. The third-order valence-electron chi connectivity index (χ3n) is 7.35. The van der Waals surface area contributed by atoms with E-state index in [0.717, 1.165) is 50.8 Å². The molecule has 1 fully saturated rings. The molecule has 214 valence electrons. The van der Waals surface area contributed by atoms with E-state index >= 15 is 0 Å². The van der Waals surface area contributed by atoms with Gasteiger partial charge in [0, 0.05) is 34.6 Å². The summed E-state index contributed by atoms with van der Waals surface area (Å²) in [6, 6.07) is 14.9. The number of thiazole rings is 1. The van der Waals surface area contributed by atoms with Crippen molar-refractivity contribution in [2.75, 3.05) is 18.0 Å². The molecule has 4 aromatic rings. The number of piperidine rings is 1. The number of rotatable bonds is 7. The minimum atomic E-state index is -4.45. The summed E-state index contributed by atoms with van der Waals surface area (Å²) in [4.78, 5) is 18.3. The normalized spacial score (nSPS) is 14.3. The number of hydrogen-bond acceptors (Lipinski definition) is 5. The zero-order valence-electron chi connectivity index (χ0n) is 22.5. The second-order valence-corrected chi connectivity index (χ2v) is 11.5. The molecule has 3 aromatic carbocycles. The predicted octanol–water partition coefficient (Wildman–Crippen LogP) is 8.65. The molecule has 0 radical (unpaired) electrons. The molecule has 1 N–H and O–H groups in total. The van der Waals surface area contributed by atoms with Crippen molar-refractivity contribution in [3.8, 4) is 28.1 Å². The standard InChI is InChI=1S/C31H28ClF3N2O3S/c1-18-3-8-28(25(13-18)27-17-41-30(36-27)37-11-9-20(10-12-37)29(38)39)40-16-22-5-4-21(14-19(22)2)24-7-6-23(15-26(24)32)31(33,34)35/h3-8,13-15,17,20H,9-12,16H2,1-2H3,(H,38,39). The fraction of sp³-hybridized carbons (Fsp3) is 0.290. The van der Waals surface area contributed by atoms with E-state index in [1.807, 2.05) is 55.6 Å². The van der Waals surface area contributed by atoms with Gasteiger partial charge in [0.15, 0.2) is 5.13 Å². The van der Waals surface area contributed by atoms with Crippen LogP contribution in [0.1, 0.15) is 35.1 Å². The molecule has 0 saturated carbocycles. The lowest BCUT2D eigenvalue weighted by atomic mass is 9.97. The highest BCUT2D eigenvalue weighted by Gasteiger charge is 2.31. The van der Waals surface area contributed by atoms with Gasteiger partial charge >= 0.3 is 12.1 Å². The molecular formula is C31H28ClF3N2O3S. The number of alkyl halides is 3. The van der Waals surface area contributed by atoms with Crippen molar-refractivity contribution in [1.82, 2.24) is 4.98 Å². The Morgan fingerprint density at radius 2 is 1.83 bits per heavy atom. The maximum Gasteiger partial charge on any atom is 0.416 e. The van der Waals surface area contributed by atoms with E-state index in [9.17, 15) is 23.1 Å². The molecule has 1 aliphatic heterocycles. The highest BCUT2D eigenvalue weighted by Crippen LogP contribution is 2.38. The van der Waals surface area contributed by atoms with E-state index in [2.05, 4.69) is 4.90 Å². The number of carbonyl (C=O) groups is 1. The van der Waals surface area contributed by atoms with Gasteiger partial charge in [-0.05, 0) is 67.6 Å². The molecule has 0 amide bonds. The molecule has 0 bridgehead atoms. The van der Waals surface area contributed by atoms with Gasteiger partial charge in [-0.15, -0.1) is 11.3 Å². The summed E-state index contributed by atoms with van der Waals surface area (Å²) in [5.74, 6) is -0.350. The molecule has 5 rings (SSSR count). The highest BCUT2D eigenvalue weighted by atomic mass is 35.5. The Morgan fingerprint density at radius 3 is 2.49 bits per heavy atom. The van der Waals surface area contributed by atoms with Gasteiger partial charge in [-0.3, -0.25) is 4.79 Å². The van der Waals surface area contributed by atoms with Gasteiger partial charge in [-0.1, -0.05) is 47.5 Å². The van der Waals surface area contributed by atoms with E-state index in [1.54, 1.807) is 0 Å². The number of halogens is 4. The van der Waals surface area contributed by atoms with Crippen molar-refractivity contribution >= 4 is 34.0 Å². The Hall–Kier alpha value is -3.56. The molecule has 1 aliphatic rings. The predicted molar refractivity (Wildman–Crippen MR) is 156 cm³/mol. The van der Waals surface area contributed by atoms with Crippen molar-refractivity contribution in [3.05, 3.63) is 87.3 Å². The van der Waals surface area contributed by atoms with E-state index < -0.39 is 17.7 Å². The lowest BCUT2D eigenvalue weighted by Gasteiger charge is -2.29. The number of hydrogen-bond donors (Lipinski definition) is 1. The van der Waals surface area contributed by atoms with Crippen LogP contribution in [0.3, 0.4) is 0 Å². The number of carboxylic acids is 1. The Balaban J connectivity index is 1.31. The summed E-state index contributed by atoms with van der Waals surface area (Å²) in [7, 11) is 0. The maximum atomic E-state index is 13.0. The van der Waals surface area contributed by atoms with Gasteiger partial charge in [0.05, 0.1) is 17.2 Å². The number of aliphatic carboxylic acids is 1. The maximum absolute atomic E-state index is 13.0. The number of nitrogens with zero attached hydrogens (tertiary/aromatic N) is 2. The SMILES string of the molecule is Cc1ccc(OCc2ccc(-c3ccc(C(F)(F)F)cc3Cl)cc2C)c(-c2csc(N3CCC(C(=O)O)CC3)n2)c1. The van der Waals surface area contributed by atoms with Crippen molar-refractivity contribution in [1.29, 1.82) is 0 Å². The minimum Gasteiger partial charge on any atom is -0.488 e. The van der Waals surface area contributed by atoms with Crippen LogP contribution >= 0.6 is 22.9 Å². The molecule has 0 aliphatic carbocycles. The number of aromatic nitrogens is 1. The molecule has 0 spiro atoms. The van der Waals surface area contributed by atoms with E-state index in [-0.39, 0.29) is 10.9 Å². The average Bonchev–Trinajstić information content (AvgIpc) is 3.43. The van der Waals surface area contributed by atoms with E-state index in [0.29, 0.717) is 43.9 Å². The number of carboxylic acid groups (broad SMARTS) is 1. The zero-order valence-corrected chi connectivity index (χ0v) is 24.0. The fourth-order valence-electron chi connectivity index (χ4n) is 4.93. The summed E-state index contributed by atoms with van der Waals surface area (Å²) in [5.41, 5.74) is 5.07. The number of anilines is 1. The lowest BCUT2D eigenvalue weighted by Crippen LogP contribution is -2.36. The van der Waals surface area contributed by atoms with E-state index in [4.69, 9.17) is 21.3 Å². The van der Waals surface area contributed by atoms with Gasteiger partial charge in [-0.25, -0.2) is 4.98 Å². The molecule has 1 aromatic heterocycles. The molecular weight excluding hydrogens is 573 g/mol. The Kier molecular flexibility index (Phi) is 8.29. The minimum absolute atomic E-state index is 0.0430. The van der Waals surface area contributed by atoms with Crippen LogP contribution in [0.2, 0.25) is 5.02 Å². The molecule has 10 heteroatoms. The molecule has 41 heavy (non-hydrogen) atoms. The van der Waals surface area contributed by atoms with Crippen molar-refractivity contribution in [3.63, 3.8) is 0 Å². The zero-order chi connectivity index (χ0) is 29.3. The summed E-state index contributed by atoms with van der Waals surface area (Å²) in [6.07, 6.45) is -3.24. The van der Waals surface area contributed by atoms with Gasteiger partial charge < -0.3 is 14.7 Å².